The van der Waals surface area contributed by atoms with Crippen LogP contribution in [-0.2, 0) is 6.54 Å². The van der Waals surface area contributed by atoms with Gasteiger partial charge in [-0.25, -0.2) is 4.98 Å². The van der Waals surface area contributed by atoms with Crippen molar-refractivity contribution in [3.8, 4) is 28.6 Å². The number of ether oxygens (including phenoxy) is 1. The minimum absolute atomic E-state index is 0.425. The van der Waals surface area contributed by atoms with Crippen molar-refractivity contribution in [1.29, 1.82) is 0 Å². The van der Waals surface area contributed by atoms with E-state index in [0.29, 0.717) is 24.1 Å². The Bertz CT molecular complexity index is 1090. The van der Waals surface area contributed by atoms with E-state index in [1.165, 1.54) is 0 Å². The second-order valence-corrected chi connectivity index (χ2v) is 6.30. The fourth-order valence-electron chi connectivity index (χ4n) is 3.01. The first-order valence-corrected chi connectivity index (χ1v) is 8.97. The molecule has 140 valence electrons. The predicted octanol–water partition coefficient (Wildman–Crippen LogP) is 4.73. The Kier molecular flexibility index (Phi) is 5.01. The van der Waals surface area contributed by atoms with E-state index >= 15 is 0 Å². The number of hydrogen-bond donors (Lipinski definition) is 1. The van der Waals surface area contributed by atoms with Crippen molar-refractivity contribution in [2.45, 2.75) is 13.5 Å². The summed E-state index contributed by atoms with van der Waals surface area (Å²) in [4.78, 5) is 9.02. The first-order chi connectivity index (χ1) is 13.8. The van der Waals surface area contributed by atoms with Crippen molar-refractivity contribution in [2.24, 2.45) is 0 Å². The third-order valence-electron chi connectivity index (χ3n) is 4.49. The van der Waals surface area contributed by atoms with Gasteiger partial charge < -0.3 is 14.6 Å². The van der Waals surface area contributed by atoms with E-state index in [1.807, 2.05) is 67.6 Å². The van der Waals surface area contributed by atoms with Crippen LogP contribution in [0.4, 0.5) is 5.82 Å². The molecule has 0 bridgehead atoms. The molecule has 0 saturated carbocycles. The van der Waals surface area contributed by atoms with Crippen LogP contribution in [-0.4, -0.2) is 22.2 Å². The predicted molar refractivity (Wildman–Crippen MR) is 108 cm³/mol. The van der Waals surface area contributed by atoms with Crippen LogP contribution in [0.1, 0.15) is 11.1 Å². The topological polar surface area (TPSA) is 73.1 Å². The molecule has 1 N–H and O–H groups in total. The highest BCUT2D eigenvalue weighted by molar-refractivity contribution is 5.70. The van der Waals surface area contributed by atoms with Crippen LogP contribution in [0.5, 0.6) is 5.75 Å². The van der Waals surface area contributed by atoms with Crippen molar-refractivity contribution in [3.05, 3.63) is 78.0 Å². The molecule has 0 saturated heterocycles. The number of benzene rings is 2. The molecule has 4 rings (SSSR count). The Labute approximate surface area is 163 Å². The number of aryl methyl sites for hydroxylation is 1. The Hall–Kier alpha value is -3.67. The number of anilines is 1. The Morgan fingerprint density at radius 2 is 1.75 bits per heavy atom. The summed E-state index contributed by atoms with van der Waals surface area (Å²) in [7, 11) is 1.66. The summed E-state index contributed by atoms with van der Waals surface area (Å²) >= 11 is 0. The summed E-state index contributed by atoms with van der Waals surface area (Å²) in [6, 6.07) is 19.6. The molecule has 0 unspecified atom stereocenters. The van der Waals surface area contributed by atoms with Crippen LogP contribution in [0.15, 0.2) is 71.4 Å². The molecule has 6 nitrogen and oxygen atoms in total. The van der Waals surface area contributed by atoms with Gasteiger partial charge in [-0.2, -0.15) is 4.98 Å². The lowest BCUT2D eigenvalue weighted by Gasteiger charge is -2.11. The fourth-order valence-corrected chi connectivity index (χ4v) is 3.01. The highest BCUT2D eigenvalue weighted by atomic mass is 16.5. The summed E-state index contributed by atoms with van der Waals surface area (Å²) in [6.45, 7) is 2.59. The molecule has 2 heterocycles. The molecule has 0 atom stereocenters. The SMILES string of the molecule is COc1ccccc1CNc1ncccc1-c1nc(-c2ccccc2C)no1. The highest BCUT2D eigenvalue weighted by Gasteiger charge is 2.16. The Morgan fingerprint density at radius 3 is 2.61 bits per heavy atom. The summed E-state index contributed by atoms with van der Waals surface area (Å²) in [5.74, 6) is 2.49. The monoisotopic (exact) mass is 372 g/mol. The molecule has 0 aliphatic rings. The minimum atomic E-state index is 0.425. The van der Waals surface area contributed by atoms with Crippen LogP contribution in [0.2, 0.25) is 0 Å². The fraction of sp³-hybridized carbons (Fsp3) is 0.136. The normalized spacial score (nSPS) is 10.6. The molecule has 0 aliphatic heterocycles. The number of para-hydroxylation sites is 1. The zero-order chi connectivity index (χ0) is 19.3. The van der Waals surface area contributed by atoms with E-state index in [1.54, 1.807) is 13.3 Å². The van der Waals surface area contributed by atoms with Crippen molar-refractivity contribution in [2.75, 3.05) is 12.4 Å². The van der Waals surface area contributed by atoms with Gasteiger partial charge in [0, 0.05) is 23.9 Å². The average molecular weight is 372 g/mol. The van der Waals surface area contributed by atoms with Gasteiger partial charge in [0.15, 0.2) is 0 Å². The van der Waals surface area contributed by atoms with Crippen LogP contribution >= 0.6 is 0 Å². The van der Waals surface area contributed by atoms with Crippen LogP contribution in [0.25, 0.3) is 22.8 Å². The van der Waals surface area contributed by atoms with Gasteiger partial charge in [-0.1, -0.05) is 47.6 Å². The molecule has 0 spiro atoms. The van der Waals surface area contributed by atoms with E-state index in [-0.39, 0.29) is 0 Å². The number of nitrogens with one attached hydrogen (secondary N) is 1. The van der Waals surface area contributed by atoms with E-state index in [4.69, 9.17) is 9.26 Å². The largest absolute Gasteiger partial charge is 0.496 e. The van der Waals surface area contributed by atoms with Crippen LogP contribution < -0.4 is 10.1 Å². The number of aromatic nitrogens is 3. The van der Waals surface area contributed by atoms with Gasteiger partial charge in [0.05, 0.1) is 12.7 Å². The number of rotatable bonds is 6. The number of pyridine rings is 1. The van der Waals surface area contributed by atoms with Gasteiger partial charge in [-0.15, -0.1) is 0 Å². The zero-order valence-electron chi connectivity index (χ0n) is 15.7. The molecular weight excluding hydrogens is 352 g/mol. The second kappa shape index (κ2) is 7.92. The molecular formula is C22H20N4O2. The standard InChI is InChI=1S/C22H20N4O2/c1-15-8-3-5-10-17(15)21-25-22(28-26-21)18-11-7-13-23-20(18)24-14-16-9-4-6-12-19(16)27-2/h3-13H,14H2,1-2H3,(H,23,24). The third kappa shape index (κ3) is 3.57. The van der Waals surface area contributed by atoms with Gasteiger partial charge >= 0.3 is 0 Å². The van der Waals surface area contributed by atoms with E-state index in [2.05, 4.69) is 20.4 Å². The van der Waals surface area contributed by atoms with Crippen molar-refractivity contribution in [3.63, 3.8) is 0 Å². The first kappa shape index (κ1) is 17.7. The van der Waals surface area contributed by atoms with E-state index < -0.39 is 0 Å². The number of nitrogens with zero attached hydrogens (tertiary/aromatic N) is 3. The molecule has 0 fully saturated rings. The maximum absolute atomic E-state index is 5.53. The Balaban J connectivity index is 1.61. The number of hydrogen-bond acceptors (Lipinski definition) is 6. The highest BCUT2D eigenvalue weighted by Crippen LogP contribution is 2.29. The quantitative estimate of drug-likeness (QED) is 0.528. The minimum Gasteiger partial charge on any atom is -0.496 e. The summed E-state index contributed by atoms with van der Waals surface area (Å²) in [5.41, 5.74) is 3.83. The first-order valence-electron chi connectivity index (χ1n) is 8.97. The third-order valence-corrected chi connectivity index (χ3v) is 4.49. The molecule has 0 radical (unpaired) electrons. The smallest absolute Gasteiger partial charge is 0.261 e. The zero-order valence-corrected chi connectivity index (χ0v) is 15.7. The molecule has 2 aromatic carbocycles. The maximum Gasteiger partial charge on any atom is 0.261 e. The van der Waals surface area contributed by atoms with Crippen LogP contribution in [0.3, 0.4) is 0 Å². The lowest BCUT2D eigenvalue weighted by molar-refractivity contribution is 0.410. The van der Waals surface area contributed by atoms with Gasteiger partial charge in [0.25, 0.3) is 5.89 Å². The molecule has 28 heavy (non-hydrogen) atoms. The second-order valence-electron chi connectivity index (χ2n) is 6.30. The van der Waals surface area contributed by atoms with Crippen LogP contribution in [0, 0.1) is 6.92 Å². The average Bonchev–Trinajstić information content (AvgIpc) is 3.23. The van der Waals surface area contributed by atoms with Gasteiger partial charge in [-0.05, 0) is 30.7 Å². The molecule has 6 heteroatoms. The van der Waals surface area contributed by atoms with Gasteiger partial charge in [0.1, 0.15) is 11.6 Å². The van der Waals surface area contributed by atoms with Crippen molar-refractivity contribution < 1.29 is 9.26 Å². The lowest BCUT2D eigenvalue weighted by Crippen LogP contribution is -2.04. The van der Waals surface area contributed by atoms with Gasteiger partial charge in [0.2, 0.25) is 5.82 Å². The van der Waals surface area contributed by atoms with Gasteiger partial charge in [-0.3, -0.25) is 0 Å². The summed E-state index contributed by atoms with van der Waals surface area (Å²) in [5, 5.41) is 7.49. The summed E-state index contributed by atoms with van der Waals surface area (Å²) < 4.78 is 10.9. The lowest BCUT2D eigenvalue weighted by atomic mass is 10.1. The van der Waals surface area contributed by atoms with Crippen molar-refractivity contribution in [1.82, 2.24) is 15.1 Å². The molecule has 2 aromatic heterocycles. The van der Waals surface area contributed by atoms with E-state index in [0.717, 1.165) is 28.0 Å². The van der Waals surface area contributed by atoms with E-state index in [9.17, 15) is 0 Å². The summed E-state index contributed by atoms with van der Waals surface area (Å²) in [6.07, 6.45) is 1.73. The Morgan fingerprint density at radius 1 is 0.964 bits per heavy atom. The molecule has 0 amide bonds. The molecule has 4 aromatic rings. The maximum atomic E-state index is 5.53. The molecule has 0 aliphatic carbocycles. The van der Waals surface area contributed by atoms with Crippen molar-refractivity contribution >= 4 is 5.82 Å². The number of methoxy groups -OCH3 is 1.